The maximum absolute atomic E-state index is 11.2. The van der Waals surface area contributed by atoms with Gasteiger partial charge in [0.1, 0.15) is 0 Å². The van der Waals surface area contributed by atoms with Gasteiger partial charge in [0.15, 0.2) is 6.04 Å². The predicted octanol–water partition coefficient (Wildman–Crippen LogP) is 0.642. The standard InChI is InChI=1S/C10H15N3O2/c1-12-6-8(11-7-12)9(10(14)15)13-4-2-3-5-13/h6-7,9H,2-5H2,1H3,(H,14,15). The van der Waals surface area contributed by atoms with Crippen LogP contribution >= 0.6 is 0 Å². The van der Waals surface area contributed by atoms with Gasteiger partial charge in [-0.15, -0.1) is 0 Å². The summed E-state index contributed by atoms with van der Waals surface area (Å²) >= 11 is 0. The van der Waals surface area contributed by atoms with Gasteiger partial charge >= 0.3 is 5.97 Å². The highest BCUT2D eigenvalue weighted by molar-refractivity contribution is 5.74. The maximum Gasteiger partial charge on any atom is 0.327 e. The second-order valence-corrected chi connectivity index (χ2v) is 3.95. The van der Waals surface area contributed by atoms with E-state index in [4.69, 9.17) is 0 Å². The Hall–Kier alpha value is -1.36. The first-order valence-corrected chi connectivity index (χ1v) is 5.13. The molecule has 1 fully saturated rings. The molecule has 0 amide bonds. The molecule has 0 spiro atoms. The zero-order valence-corrected chi connectivity index (χ0v) is 8.76. The average Bonchev–Trinajstić information content (AvgIpc) is 2.77. The number of hydrogen-bond acceptors (Lipinski definition) is 3. The van der Waals surface area contributed by atoms with Crippen molar-refractivity contribution in [1.29, 1.82) is 0 Å². The summed E-state index contributed by atoms with van der Waals surface area (Å²) in [6.07, 6.45) is 5.58. The molecule has 1 aromatic heterocycles. The van der Waals surface area contributed by atoms with Crippen molar-refractivity contribution in [3.63, 3.8) is 0 Å². The van der Waals surface area contributed by atoms with Gasteiger partial charge in [-0.1, -0.05) is 0 Å². The number of carboxylic acid groups (broad SMARTS) is 1. The van der Waals surface area contributed by atoms with Gasteiger partial charge in [0.25, 0.3) is 0 Å². The Morgan fingerprint density at radius 2 is 2.20 bits per heavy atom. The molecule has 1 unspecified atom stereocenters. The number of rotatable bonds is 3. The lowest BCUT2D eigenvalue weighted by Gasteiger charge is -2.21. The fourth-order valence-corrected chi connectivity index (χ4v) is 2.04. The number of likely N-dealkylation sites (tertiary alicyclic amines) is 1. The minimum Gasteiger partial charge on any atom is -0.480 e. The molecule has 1 saturated heterocycles. The van der Waals surface area contributed by atoms with Gasteiger partial charge in [-0.3, -0.25) is 9.69 Å². The van der Waals surface area contributed by atoms with E-state index in [1.165, 1.54) is 0 Å². The van der Waals surface area contributed by atoms with Crippen LogP contribution in [0.5, 0.6) is 0 Å². The first-order chi connectivity index (χ1) is 7.18. The fourth-order valence-electron chi connectivity index (χ4n) is 2.04. The smallest absolute Gasteiger partial charge is 0.327 e. The summed E-state index contributed by atoms with van der Waals surface area (Å²) in [7, 11) is 1.85. The number of imidazole rings is 1. The van der Waals surface area contributed by atoms with E-state index in [2.05, 4.69) is 4.98 Å². The molecule has 0 aromatic carbocycles. The summed E-state index contributed by atoms with van der Waals surface area (Å²) in [4.78, 5) is 17.3. The Bertz CT molecular complexity index is 355. The van der Waals surface area contributed by atoms with Crippen LogP contribution in [0.1, 0.15) is 24.6 Å². The van der Waals surface area contributed by atoms with Gasteiger partial charge in [0.2, 0.25) is 0 Å². The lowest BCUT2D eigenvalue weighted by Crippen LogP contribution is -2.31. The summed E-state index contributed by atoms with van der Waals surface area (Å²) in [6, 6.07) is -0.575. The highest BCUT2D eigenvalue weighted by atomic mass is 16.4. The van der Waals surface area contributed by atoms with Crippen LogP contribution in [0, 0.1) is 0 Å². The molecular weight excluding hydrogens is 194 g/mol. The molecule has 1 aliphatic heterocycles. The van der Waals surface area contributed by atoms with Crippen molar-refractivity contribution in [2.24, 2.45) is 7.05 Å². The summed E-state index contributed by atoms with van der Waals surface area (Å²) in [5.41, 5.74) is 0.631. The number of aliphatic carboxylic acids is 1. The summed E-state index contributed by atoms with van der Waals surface area (Å²) in [5.74, 6) is -0.810. The minimum atomic E-state index is -0.810. The summed E-state index contributed by atoms with van der Waals surface area (Å²) < 4.78 is 1.78. The topological polar surface area (TPSA) is 58.4 Å². The number of carbonyl (C=O) groups is 1. The van der Waals surface area contributed by atoms with Crippen LogP contribution in [0.3, 0.4) is 0 Å². The van der Waals surface area contributed by atoms with Crippen LogP contribution in [0.15, 0.2) is 12.5 Å². The lowest BCUT2D eigenvalue weighted by atomic mass is 10.2. The molecule has 5 heteroatoms. The van der Waals surface area contributed by atoms with Crippen molar-refractivity contribution in [2.45, 2.75) is 18.9 Å². The molecule has 5 nitrogen and oxygen atoms in total. The molecule has 0 aliphatic carbocycles. The van der Waals surface area contributed by atoms with Crippen LogP contribution in [0.2, 0.25) is 0 Å². The van der Waals surface area contributed by atoms with Crippen molar-refractivity contribution in [2.75, 3.05) is 13.1 Å². The SMILES string of the molecule is Cn1cnc(C(C(=O)O)N2CCCC2)c1. The molecule has 2 heterocycles. The zero-order valence-electron chi connectivity index (χ0n) is 8.76. The molecule has 1 aliphatic rings. The average molecular weight is 209 g/mol. The zero-order chi connectivity index (χ0) is 10.8. The normalized spacial score (nSPS) is 19.3. The molecule has 0 radical (unpaired) electrons. The van der Waals surface area contributed by atoms with Gasteiger partial charge in [0.05, 0.1) is 12.0 Å². The first kappa shape index (κ1) is 10.2. The molecule has 1 N–H and O–H groups in total. The van der Waals surface area contributed by atoms with E-state index in [1.807, 2.05) is 11.9 Å². The molecule has 0 bridgehead atoms. The third-order valence-electron chi connectivity index (χ3n) is 2.74. The van der Waals surface area contributed by atoms with E-state index in [0.717, 1.165) is 25.9 Å². The van der Waals surface area contributed by atoms with E-state index in [0.29, 0.717) is 5.69 Å². The van der Waals surface area contributed by atoms with Gasteiger partial charge < -0.3 is 9.67 Å². The van der Waals surface area contributed by atoms with Crippen molar-refractivity contribution < 1.29 is 9.90 Å². The van der Waals surface area contributed by atoms with Crippen LogP contribution in [-0.2, 0) is 11.8 Å². The third-order valence-corrected chi connectivity index (χ3v) is 2.74. The Labute approximate surface area is 88.3 Å². The van der Waals surface area contributed by atoms with Crippen LogP contribution < -0.4 is 0 Å². The number of hydrogen-bond donors (Lipinski definition) is 1. The Morgan fingerprint density at radius 3 is 2.67 bits per heavy atom. The first-order valence-electron chi connectivity index (χ1n) is 5.13. The quantitative estimate of drug-likeness (QED) is 0.793. The predicted molar refractivity (Wildman–Crippen MR) is 54.4 cm³/mol. The van der Waals surface area contributed by atoms with E-state index >= 15 is 0 Å². The molecule has 15 heavy (non-hydrogen) atoms. The number of carboxylic acids is 1. The van der Waals surface area contributed by atoms with E-state index in [9.17, 15) is 9.90 Å². The van der Waals surface area contributed by atoms with Crippen LogP contribution in [0.4, 0.5) is 0 Å². The van der Waals surface area contributed by atoms with Crippen molar-refractivity contribution in [3.8, 4) is 0 Å². The fraction of sp³-hybridized carbons (Fsp3) is 0.600. The monoisotopic (exact) mass is 209 g/mol. The lowest BCUT2D eigenvalue weighted by molar-refractivity contribution is -0.143. The Kier molecular flexibility index (Phi) is 2.73. The van der Waals surface area contributed by atoms with Crippen molar-refractivity contribution >= 4 is 5.97 Å². The Balaban J connectivity index is 2.22. The molecule has 0 saturated carbocycles. The van der Waals surface area contributed by atoms with E-state index < -0.39 is 12.0 Å². The highest BCUT2D eigenvalue weighted by Crippen LogP contribution is 2.23. The summed E-state index contributed by atoms with van der Waals surface area (Å²) in [6.45, 7) is 1.71. The molecule has 2 rings (SSSR count). The maximum atomic E-state index is 11.2. The number of nitrogens with zero attached hydrogens (tertiary/aromatic N) is 3. The third kappa shape index (κ3) is 2.02. The highest BCUT2D eigenvalue weighted by Gasteiger charge is 2.30. The molecule has 1 aromatic rings. The van der Waals surface area contributed by atoms with Gasteiger partial charge in [0, 0.05) is 13.2 Å². The molecule has 82 valence electrons. The second-order valence-electron chi connectivity index (χ2n) is 3.95. The Morgan fingerprint density at radius 1 is 1.53 bits per heavy atom. The molecule has 1 atom stereocenters. The minimum absolute atomic E-state index is 0.575. The van der Waals surface area contributed by atoms with Gasteiger partial charge in [-0.25, -0.2) is 4.98 Å². The number of aryl methyl sites for hydroxylation is 1. The van der Waals surface area contributed by atoms with E-state index in [-0.39, 0.29) is 0 Å². The largest absolute Gasteiger partial charge is 0.480 e. The summed E-state index contributed by atoms with van der Waals surface area (Å²) in [5, 5.41) is 9.21. The van der Waals surface area contributed by atoms with Gasteiger partial charge in [-0.05, 0) is 25.9 Å². The van der Waals surface area contributed by atoms with E-state index in [1.54, 1.807) is 17.1 Å². The van der Waals surface area contributed by atoms with Crippen molar-refractivity contribution in [1.82, 2.24) is 14.5 Å². The van der Waals surface area contributed by atoms with Crippen LogP contribution in [0.25, 0.3) is 0 Å². The van der Waals surface area contributed by atoms with Crippen molar-refractivity contribution in [3.05, 3.63) is 18.2 Å². The van der Waals surface area contributed by atoms with Crippen LogP contribution in [-0.4, -0.2) is 38.6 Å². The second kappa shape index (κ2) is 4.02. The molecular formula is C10H15N3O2. The number of aromatic nitrogens is 2. The van der Waals surface area contributed by atoms with Gasteiger partial charge in [-0.2, -0.15) is 0 Å².